The third-order valence-electron chi connectivity index (χ3n) is 4.37. The number of aromatic nitrogens is 1. The second kappa shape index (κ2) is 8.97. The first-order chi connectivity index (χ1) is 13.1. The number of pyridine rings is 1. The number of hydrogen-bond acceptors (Lipinski definition) is 6. The molecule has 2 heterocycles. The Bertz CT molecular complexity index is 823. The highest BCUT2D eigenvalue weighted by atomic mass is 35.5. The topological polar surface area (TPSA) is 70.0 Å². The maximum Gasteiger partial charge on any atom is 0.311 e. The van der Waals surface area contributed by atoms with Gasteiger partial charge in [-0.05, 0) is 37.5 Å². The first-order valence-electron chi connectivity index (χ1n) is 8.74. The molecule has 1 aromatic carbocycles. The van der Waals surface area contributed by atoms with Gasteiger partial charge in [0.2, 0.25) is 0 Å². The van der Waals surface area contributed by atoms with Crippen LogP contribution in [0.25, 0.3) is 0 Å². The molecule has 0 radical (unpaired) electrons. The van der Waals surface area contributed by atoms with Crippen LogP contribution in [-0.4, -0.2) is 24.3 Å². The van der Waals surface area contributed by atoms with Gasteiger partial charge in [-0.1, -0.05) is 23.7 Å². The molecular weight excluding hydrogens is 368 g/mol. The Morgan fingerprint density at radius 1 is 1.37 bits per heavy atom. The molecule has 3 rings (SSSR count). The van der Waals surface area contributed by atoms with Crippen molar-refractivity contribution in [1.29, 1.82) is 0 Å². The van der Waals surface area contributed by atoms with Crippen LogP contribution in [-0.2, 0) is 21.0 Å². The third-order valence-corrected chi connectivity index (χ3v) is 4.62. The molecule has 1 aliphatic rings. The number of ether oxygens (including phenoxy) is 2. The van der Waals surface area contributed by atoms with E-state index in [1.165, 1.54) is 0 Å². The maximum absolute atomic E-state index is 12.2. The fourth-order valence-corrected chi connectivity index (χ4v) is 3.12. The summed E-state index contributed by atoms with van der Waals surface area (Å²) in [5.41, 5.74) is 3.43. The van der Waals surface area contributed by atoms with Gasteiger partial charge in [0.15, 0.2) is 5.75 Å². The van der Waals surface area contributed by atoms with Crippen molar-refractivity contribution in [3.63, 3.8) is 0 Å². The van der Waals surface area contributed by atoms with Crippen molar-refractivity contribution < 1.29 is 19.1 Å². The summed E-state index contributed by atoms with van der Waals surface area (Å²) in [5, 5.41) is 3.98. The van der Waals surface area contributed by atoms with Crippen molar-refractivity contribution in [2.24, 2.45) is 5.16 Å². The summed E-state index contributed by atoms with van der Waals surface area (Å²) in [6.45, 7) is 5.86. The fraction of sp³-hybridized carbons (Fsp3) is 0.350. The van der Waals surface area contributed by atoms with Crippen LogP contribution >= 0.6 is 11.6 Å². The number of oxime groups is 1. The average molecular weight is 389 g/mol. The highest BCUT2D eigenvalue weighted by Gasteiger charge is 2.30. The molecule has 0 aliphatic carbocycles. The third kappa shape index (κ3) is 4.64. The standard InChI is InChI=1S/C20H21ClN2O4/c1-13-19(27-18(24)5-3-4-10-26-22-2)17-12-25-20(16(17)11-23-13)14-6-8-15(21)9-7-14/h6-9,11,20H,2-5,10,12H2,1H3/t20-/m0/s1. The number of halogens is 1. The Kier molecular flexibility index (Phi) is 6.42. The Hall–Kier alpha value is -2.44. The van der Waals surface area contributed by atoms with E-state index in [-0.39, 0.29) is 12.1 Å². The number of unbranched alkanes of at least 4 members (excludes halogenated alkanes) is 1. The quantitative estimate of drug-likeness (QED) is 0.290. The van der Waals surface area contributed by atoms with E-state index < -0.39 is 0 Å². The minimum absolute atomic E-state index is 0.244. The number of aryl methyl sites for hydroxylation is 1. The number of nitrogens with zero attached hydrogens (tertiary/aromatic N) is 2. The highest BCUT2D eigenvalue weighted by Crippen LogP contribution is 2.41. The molecule has 27 heavy (non-hydrogen) atoms. The van der Waals surface area contributed by atoms with Crippen LogP contribution in [0.4, 0.5) is 0 Å². The number of carbonyl (C=O) groups is 1. The SMILES string of the molecule is C=NOCCCCC(=O)Oc1c(C)ncc2c1CO[C@H]2c1ccc(Cl)cc1. The summed E-state index contributed by atoms with van der Waals surface area (Å²) in [7, 11) is 0. The molecule has 6 nitrogen and oxygen atoms in total. The summed E-state index contributed by atoms with van der Waals surface area (Å²) < 4.78 is 11.6. The molecule has 0 amide bonds. The van der Waals surface area contributed by atoms with Crippen molar-refractivity contribution in [1.82, 2.24) is 4.98 Å². The zero-order valence-corrected chi connectivity index (χ0v) is 15.9. The van der Waals surface area contributed by atoms with Crippen molar-refractivity contribution >= 4 is 24.3 Å². The largest absolute Gasteiger partial charge is 0.424 e. The van der Waals surface area contributed by atoms with Gasteiger partial charge in [-0.3, -0.25) is 9.78 Å². The lowest BCUT2D eigenvalue weighted by Gasteiger charge is -2.13. The molecule has 142 valence electrons. The van der Waals surface area contributed by atoms with Gasteiger partial charge in [0.1, 0.15) is 12.7 Å². The molecule has 1 aromatic heterocycles. The molecule has 0 fully saturated rings. The number of carbonyl (C=O) groups excluding carboxylic acids is 1. The number of esters is 1. The summed E-state index contributed by atoms with van der Waals surface area (Å²) >= 11 is 5.96. The lowest BCUT2D eigenvalue weighted by Crippen LogP contribution is -2.11. The second-order valence-corrected chi connectivity index (χ2v) is 6.68. The Labute approximate surface area is 163 Å². The summed E-state index contributed by atoms with van der Waals surface area (Å²) in [6.07, 6.45) is 3.20. The van der Waals surface area contributed by atoms with Gasteiger partial charge in [-0.2, -0.15) is 0 Å². The Balaban J connectivity index is 1.71. The minimum atomic E-state index is -0.296. The lowest BCUT2D eigenvalue weighted by molar-refractivity contribution is -0.134. The van der Waals surface area contributed by atoms with Crippen molar-refractivity contribution in [3.8, 4) is 5.75 Å². The van der Waals surface area contributed by atoms with Crippen molar-refractivity contribution in [2.45, 2.75) is 38.9 Å². The second-order valence-electron chi connectivity index (χ2n) is 6.24. The lowest BCUT2D eigenvalue weighted by atomic mass is 10.0. The molecule has 0 spiro atoms. The minimum Gasteiger partial charge on any atom is -0.424 e. The number of rotatable bonds is 8. The Morgan fingerprint density at radius 2 is 2.15 bits per heavy atom. The zero-order chi connectivity index (χ0) is 19.2. The summed E-state index contributed by atoms with van der Waals surface area (Å²) in [5.74, 6) is 0.202. The molecule has 0 saturated carbocycles. The first-order valence-corrected chi connectivity index (χ1v) is 9.12. The first kappa shape index (κ1) is 19.3. The number of benzene rings is 1. The monoisotopic (exact) mass is 388 g/mol. The van der Waals surface area contributed by atoms with Crippen molar-refractivity contribution in [3.05, 3.63) is 57.9 Å². The highest BCUT2D eigenvalue weighted by molar-refractivity contribution is 6.30. The predicted octanol–water partition coefficient (Wildman–Crippen LogP) is 4.37. The molecule has 0 N–H and O–H groups in total. The Morgan fingerprint density at radius 3 is 2.89 bits per heavy atom. The van der Waals surface area contributed by atoms with E-state index in [0.29, 0.717) is 48.9 Å². The van der Waals surface area contributed by atoms with E-state index >= 15 is 0 Å². The van der Waals surface area contributed by atoms with E-state index in [1.807, 2.05) is 31.2 Å². The van der Waals surface area contributed by atoms with Crippen LogP contribution in [0.1, 0.15) is 47.8 Å². The molecular formula is C20H21ClN2O4. The maximum atomic E-state index is 12.2. The molecule has 1 aliphatic heterocycles. The van der Waals surface area contributed by atoms with Crippen LogP contribution in [0.15, 0.2) is 35.6 Å². The van der Waals surface area contributed by atoms with Crippen LogP contribution in [0, 0.1) is 6.92 Å². The van der Waals surface area contributed by atoms with Gasteiger partial charge >= 0.3 is 5.97 Å². The van der Waals surface area contributed by atoms with E-state index in [0.717, 1.165) is 16.7 Å². The summed E-state index contributed by atoms with van der Waals surface area (Å²) in [4.78, 5) is 21.4. The molecule has 0 saturated heterocycles. The molecule has 0 bridgehead atoms. The zero-order valence-electron chi connectivity index (χ0n) is 15.1. The van der Waals surface area contributed by atoms with Crippen LogP contribution in [0.3, 0.4) is 0 Å². The molecule has 0 unspecified atom stereocenters. The van der Waals surface area contributed by atoms with Crippen LogP contribution < -0.4 is 4.74 Å². The van der Waals surface area contributed by atoms with Gasteiger partial charge in [0, 0.05) is 35.5 Å². The van der Waals surface area contributed by atoms with Crippen LogP contribution in [0.2, 0.25) is 5.02 Å². The van der Waals surface area contributed by atoms with E-state index in [9.17, 15) is 4.79 Å². The number of fused-ring (bicyclic) bond motifs is 1. The van der Waals surface area contributed by atoms with E-state index in [2.05, 4.69) is 16.9 Å². The molecule has 7 heteroatoms. The van der Waals surface area contributed by atoms with Gasteiger partial charge in [-0.25, -0.2) is 0 Å². The van der Waals surface area contributed by atoms with Gasteiger partial charge in [-0.15, -0.1) is 5.16 Å². The van der Waals surface area contributed by atoms with Crippen LogP contribution in [0.5, 0.6) is 5.75 Å². The van der Waals surface area contributed by atoms with Crippen molar-refractivity contribution in [2.75, 3.05) is 6.61 Å². The average Bonchev–Trinajstić information content (AvgIpc) is 3.09. The predicted molar refractivity (Wildman–Crippen MR) is 102 cm³/mol. The number of hydrogen-bond donors (Lipinski definition) is 0. The van der Waals surface area contributed by atoms with E-state index in [4.69, 9.17) is 25.9 Å². The fourth-order valence-electron chi connectivity index (χ4n) is 3.00. The summed E-state index contributed by atoms with van der Waals surface area (Å²) in [6, 6.07) is 7.50. The molecule has 2 aromatic rings. The van der Waals surface area contributed by atoms with E-state index in [1.54, 1.807) is 6.20 Å². The molecule has 1 atom stereocenters. The normalized spacial score (nSPS) is 15.3. The smallest absolute Gasteiger partial charge is 0.311 e. The van der Waals surface area contributed by atoms with Gasteiger partial charge in [0.05, 0.1) is 12.3 Å². The van der Waals surface area contributed by atoms with Gasteiger partial charge < -0.3 is 14.3 Å². The van der Waals surface area contributed by atoms with Gasteiger partial charge in [0.25, 0.3) is 0 Å².